The second-order valence-electron chi connectivity index (χ2n) is 11.4. The summed E-state index contributed by atoms with van der Waals surface area (Å²) < 4.78 is 0. The van der Waals surface area contributed by atoms with Gasteiger partial charge >= 0.3 is 0 Å². The van der Waals surface area contributed by atoms with Gasteiger partial charge in [0, 0.05) is 27.7 Å². The Morgan fingerprint density at radius 3 is 1.81 bits per heavy atom. The van der Waals surface area contributed by atoms with E-state index in [4.69, 9.17) is 16.6 Å². The smallest absolute Gasteiger partial charge is 0.146 e. The lowest BCUT2D eigenvalue weighted by atomic mass is 9.79. The highest BCUT2D eigenvalue weighted by Gasteiger charge is 2.40. The number of fused-ring (bicyclic) bond motifs is 6. The molecule has 4 aromatic rings. The van der Waals surface area contributed by atoms with Crippen LogP contribution in [0, 0.1) is 0 Å². The molecule has 0 spiro atoms. The van der Waals surface area contributed by atoms with Gasteiger partial charge in [0.25, 0.3) is 0 Å². The molecule has 4 aromatic carbocycles. The zero-order valence-electron chi connectivity index (χ0n) is 21.6. The fourth-order valence-corrected chi connectivity index (χ4v) is 7.20. The summed E-state index contributed by atoms with van der Waals surface area (Å²) in [4.78, 5) is 4.90. The standard InChI is InChI=1S/C34H29ClN2/c1-33(2)26-17-7-5-11-20(26)22-13-9-15-24(30(22)33)28-19-29(35)37-32(36-28)25-16-10-14-23-21-12-6-8-18-27(21)34(3,4)31(23)25/h5-19,32,36H,1-4H3. The average molecular weight is 501 g/mol. The van der Waals surface area contributed by atoms with Gasteiger partial charge in [-0.15, -0.1) is 0 Å². The van der Waals surface area contributed by atoms with Crippen molar-refractivity contribution < 1.29 is 0 Å². The zero-order valence-corrected chi connectivity index (χ0v) is 22.3. The molecular formula is C34H29ClN2. The molecule has 7 rings (SSSR count). The molecule has 1 unspecified atom stereocenters. The van der Waals surface area contributed by atoms with Crippen molar-refractivity contribution in [2.24, 2.45) is 4.99 Å². The van der Waals surface area contributed by atoms with Crippen LogP contribution in [0.1, 0.15) is 67.2 Å². The number of nitrogens with zero attached hydrogens (tertiary/aromatic N) is 1. The van der Waals surface area contributed by atoms with E-state index in [2.05, 4.69) is 118 Å². The first-order valence-corrected chi connectivity index (χ1v) is 13.3. The van der Waals surface area contributed by atoms with Gasteiger partial charge in [0.05, 0.1) is 0 Å². The molecule has 1 atom stereocenters. The van der Waals surface area contributed by atoms with Crippen LogP contribution in [0.15, 0.2) is 96.0 Å². The van der Waals surface area contributed by atoms with Crippen LogP contribution >= 0.6 is 11.6 Å². The Kier molecular flexibility index (Phi) is 4.69. The predicted molar refractivity (Wildman–Crippen MR) is 155 cm³/mol. The van der Waals surface area contributed by atoms with Crippen molar-refractivity contribution in [3.05, 3.63) is 124 Å². The maximum Gasteiger partial charge on any atom is 0.146 e. The molecule has 3 aliphatic rings. The predicted octanol–water partition coefficient (Wildman–Crippen LogP) is 8.58. The highest BCUT2D eigenvalue weighted by molar-refractivity contribution is 6.69. The summed E-state index contributed by atoms with van der Waals surface area (Å²) in [5.74, 6) is 0. The summed E-state index contributed by atoms with van der Waals surface area (Å²) >= 11 is 6.76. The van der Waals surface area contributed by atoms with Gasteiger partial charge in [0.1, 0.15) is 11.3 Å². The van der Waals surface area contributed by atoms with E-state index in [1.54, 1.807) is 0 Å². The van der Waals surface area contributed by atoms with Crippen LogP contribution in [0.5, 0.6) is 0 Å². The molecule has 0 aromatic heterocycles. The minimum atomic E-state index is -0.265. The lowest BCUT2D eigenvalue weighted by Crippen LogP contribution is -2.28. The molecule has 2 nitrogen and oxygen atoms in total. The van der Waals surface area contributed by atoms with Gasteiger partial charge in [-0.1, -0.05) is 124 Å². The summed E-state index contributed by atoms with van der Waals surface area (Å²) in [6.07, 6.45) is 1.72. The highest BCUT2D eigenvalue weighted by Crippen LogP contribution is 2.53. The molecule has 0 amide bonds. The number of hydrogen-bond acceptors (Lipinski definition) is 2. The van der Waals surface area contributed by atoms with E-state index in [0.29, 0.717) is 5.17 Å². The maximum atomic E-state index is 6.76. The summed E-state index contributed by atoms with van der Waals surface area (Å²) in [6, 6.07) is 30.7. The van der Waals surface area contributed by atoms with Gasteiger partial charge in [0.2, 0.25) is 0 Å². The number of allylic oxidation sites excluding steroid dienone is 1. The first-order valence-electron chi connectivity index (χ1n) is 13.0. The number of aliphatic imine (C=N–C) groups is 1. The first-order chi connectivity index (χ1) is 17.8. The monoisotopic (exact) mass is 500 g/mol. The largest absolute Gasteiger partial charge is 0.359 e. The van der Waals surface area contributed by atoms with Crippen LogP contribution in [-0.4, -0.2) is 5.17 Å². The third kappa shape index (κ3) is 3.09. The lowest BCUT2D eigenvalue weighted by Gasteiger charge is -2.31. The molecule has 0 saturated heterocycles. The van der Waals surface area contributed by atoms with Crippen LogP contribution in [0.25, 0.3) is 28.0 Å². The molecular weight excluding hydrogens is 472 g/mol. The molecule has 2 aliphatic carbocycles. The van der Waals surface area contributed by atoms with Gasteiger partial charge in [0.15, 0.2) is 0 Å². The van der Waals surface area contributed by atoms with Crippen LogP contribution in [-0.2, 0) is 10.8 Å². The van der Waals surface area contributed by atoms with Gasteiger partial charge in [-0.2, -0.15) is 0 Å². The Balaban J connectivity index is 1.35. The molecule has 182 valence electrons. The van der Waals surface area contributed by atoms with E-state index < -0.39 is 0 Å². The summed E-state index contributed by atoms with van der Waals surface area (Å²) in [7, 11) is 0. The second-order valence-corrected chi connectivity index (χ2v) is 11.8. The first kappa shape index (κ1) is 22.6. The van der Waals surface area contributed by atoms with Crippen molar-refractivity contribution in [3.63, 3.8) is 0 Å². The Hall–Kier alpha value is -3.62. The SMILES string of the molecule is CC1(C)c2ccccc2-c2cccc(C3=CC(Cl)=NC(c4cccc5c4C(C)(C)c4ccccc4-5)N3)c21. The molecule has 0 fully saturated rings. The normalized spacial score (nSPS) is 19.6. The molecule has 3 heteroatoms. The van der Waals surface area contributed by atoms with E-state index in [1.165, 1.54) is 55.6 Å². The van der Waals surface area contributed by atoms with Crippen LogP contribution in [0.3, 0.4) is 0 Å². The van der Waals surface area contributed by atoms with Gasteiger partial charge in [-0.05, 0) is 50.6 Å². The van der Waals surface area contributed by atoms with E-state index in [0.717, 1.165) is 5.70 Å². The van der Waals surface area contributed by atoms with E-state index in [9.17, 15) is 0 Å². The molecule has 0 bridgehead atoms. The Bertz CT molecular complexity index is 1670. The van der Waals surface area contributed by atoms with E-state index in [-0.39, 0.29) is 17.0 Å². The third-order valence-corrected chi connectivity index (χ3v) is 8.79. The lowest BCUT2D eigenvalue weighted by molar-refractivity contribution is 0.605. The molecule has 37 heavy (non-hydrogen) atoms. The van der Waals surface area contributed by atoms with Crippen molar-refractivity contribution in [2.45, 2.75) is 44.7 Å². The van der Waals surface area contributed by atoms with Crippen molar-refractivity contribution in [3.8, 4) is 22.3 Å². The number of rotatable bonds is 2. The Morgan fingerprint density at radius 2 is 1.14 bits per heavy atom. The van der Waals surface area contributed by atoms with Crippen LogP contribution in [0.4, 0.5) is 0 Å². The van der Waals surface area contributed by atoms with Crippen molar-refractivity contribution in [1.29, 1.82) is 0 Å². The fraction of sp³-hybridized carbons (Fsp3) is 0.206. The van der Waals surface area contributed by atoms with E-state index >= 15 is 0 Å². The summed E-state index contributed by atoms with van der Waals surface area (Å²) in [6.45, 7) is 9.27. The van der Waals surface area contributed by atoms with Gasteiger partial charge in [-0.25, -0.2) is 4.99 Å². The van der Waals surface area contributed by atoms with Crippen molar-refractivity contribution >= 4 is 22.5 Å². The molecule has 1 N–H and O–H groups in total. The summed E-state index contributed by atoms with van der Waals surface area (Å²) in [5, 5.41) is 4.32. The minimum Gasteiger partial charge on any atom is -0.359 e. The maximum absolute atomic E-state index is 6.76. The minimum absolute atomic E-state index is 0.112. The molecule has 0 saturated carbocycles. The Labute approximate surface area is 223 Å². The second kappa shape index (κ2) is 7.69. The van der Waals surface area contributed by atoms with Gasteiger partial charge < -0.3 is 5.32 Å². The van der Waals surface area contributed by atoms with Crippen LogP contribution < -0.4 is 5.32 Å². The van der Waals surface area contributed by atoms with Crippen molar-refractivity contribution in [1.82, 2.24) is 5.32 Å². The van der Waals surface area contributed by atoms with Gasteiger partial charge in [-0.3, -0.25) is 0 Å². The quantitative estimate of drug-likeness (QED) is 0.293. The molecule has 1 aliphatic heterocycles. The number of hydrogen-bond donors (Lipinski definition) is 1. The van der Waals surface area contributed by atoms with Crippen molar-refractivity contribution in [2.75, 3.05) is 0 Å². The number of nitrogens with one attached hydrogen (secondary N) is 1. The third-order valence-electron chi connectivity index (χ3n) is 8.59. The summed E-state index contributed by atoms with van der Waals surface area (Å²) in [5.41, 5.74) is 13.8. The zero-order chi connectivity index (χ0) is 25.5. The topological polar surface area (TPSA) is 24.4 Å². The highest BCUT2D eigenvalue weighted by atomic mass is 35.5. The molecule has 1 heterocycles. The fourth-order valence-electron chi connectivity index (χ4n) is 6.99. The average Bonchev–Trinajstić information content (AvgIpc) is 3.29. The number of benzene rings is 4. The van der Waals surface area contributed by atoms with E-state index in [1.807, 2.05) is 6.08 Å². The molecule has 0 radical (unpaired) electrons. The van der Waals surface area contributed by atoms with Crippen LogP contribution in [0.2, 0.25) is 0 Å². The Morgan fingerprint density at radius 1 is 0.622 bits per heavy atom. The number of halogens is 1.